The van der Waals surface area contributed by atoms with Gasteiger partial charge in [0.2, 0.25) is 0 Å². The standard InChI is InChI=1S/C10H9FO4/c1-14-8-4-3-6(5-7(8)11)9(12)10(13)15-2/h3-5H,1-2H3. The normalized spacial score (nSPS) is 9.53. The molecule has 0 fully saturated rings. The summed E-state index contributed by atoms with van der Waals surface area (Å²) >= 11 is 0. The first-order valence-corrected chi connectivity index (χ1v) is 4.06. The van der Waals surface area contributed by atoms with Crippen LogP contribution in [0.15, 0.2) is 18.2 Å². The molecular weight excluding hydrogens is 203 g/mol. The highest BCUT2D eigenvalue weighted by atomic mass is 19.1. The number of methoxy groups -OCH3 is 2. The van der Waals surface area contributed by atoms with Crippen LogP contribution in [0.1, 0.15) is 10.4 Å². The first-order chi connectivity index (χ1) is 7.10. The summed E-state index contributed by atoms with van der Waals surface area (Å²) in [4.78, 5) is 22.1. The molecule has 80 valence electrons. The predicted molar refractivity (Wildman–Crippen MR) is 49.3 cm³/mol. The molecule has 0 saturated carbocycles. The summed E-state index contributed by atoms with van der Waals surface area (Å²) in [5, 5.41) is 0. The van der Waals surface area contributed by atoms with E-state index >= 15 is 0 Å². The number of carbonyl (C=O) groups is 2. The number of hydrogen-bond acceptors (Lipinski definition) is 4. The van der Waals surface area contributed by atoms with E-state index in [1.54, 1.807) is 0 Å². The number of ketones is 1. The molecule has 15 heavy (non-hydrogen) atoms. The molecule has 0 bridgehead atoms. The van der Waals surface area contributed by atoms with E-state index in [-0.39, 0.29) is 11.3 Å². The monoisotopic (exact) mass is 212 g/mol. The Morgan fingerprint density at radius 2 is 1.93 bits per heavy atom. The first kappa shape index (κ1) is 11.2. The lowest BCUT2D eigenvalue weighted by atomic mass is 10.1. The van der Waals surface area contributed by atoms with Crippen LogP contribution in [0.5, 0.6) is 5.75 Å². The van der Waals surface area contributed by atoms with E-state index in [0.717, 1.165) is 13.2 Å². The van der Waals surface area contributed by atoms with Crippen LogP contribution in [0.2, 0.25) is 0 Å². The molecule has 0 radical (unpaired) electrons. The Morgan fingerprint density at radius 3 is 2.40 bits per heavy atom. The lowest BCUT2D eigenvalue weighted by Crippen LogP contribution is -2.15. The van der Waals surface area contributed by atoms with Gasteiger partial charge < -0.3 is 9.47 Å². The van der Waals surface area contributed by atoms with Crippen molar-refractivity contribution in [3.63, 3.8) is 0 Å². The van der Waals surface area contributed by atoms with Crippen LogP contribution in [-0.4, -0.2) is 26.0 Å². The molecule has 0 aliphatic rings. The maximum atomic E-state index is 13.1. The second-order valence-electron chi connectivity index (χ2n) is 2.67. The van der Waals surface area contributed by atoms with Crippen molar-refractivity contribution in [2.75, 3.05) is 14.2 Å². The highest BCUT2D eigenvalue weighted by Crippen LogP contribution is 2.18. The number of esters is 1. The Hall–Kier alpha value is -1.91. The third kappa shape index (κ3) is 2.31. The molecule has 1 aromatic carbocycles. The lowest BCUT2D eigenvalue weighted by Gasteiger charge is -2.03. The second-order valence-corrected chi connectivity index (χ2v) is 2.67. The Morgan fingerprint density at radius 1 is 1.27 bits per heavy atom. The van der Waals surface area contributed by atoms with Crippen molar-refractivity contribution in [1.29, 1.82) is 0 Å². The van der Waals surface area contributed by atoms with Crippen LogP contribution in [0.25, 0.3) is 0 Å². The molecule has 0 saturated heterocycles. The van der Waals surface area contributed by atoms with Crippen LogP contribution in [-0.2, 0) is 9.53 Å². The fourth-order valence-electron chi connectivity index (χ4n) is 1.02. The molecule has 0 unspecified atom stereocenters. The van der Waals surface area contributed by atoms with Gasteiger partial charge in [-0.1, -0.05) is 0 Å². The van der Waals surface area contributed by atoms with Gasteiger partial charge in [-0.2, -0.15) is 0 Å². The average Bonchev–Trinajstić information content (AvgIpc) is 2.26. The SMILES string of the molecule is COC(=O)C(=O)c1ccc(OC)c(F)c1. The molecule has 0 amide bonds. The topological polar surface area (TPSA) is 52.6 Å². The Balaban J connectivity index is 3.02. The largest absolute Gasteiger partial charge is 0.494 e. The number of halogens is 1. The van der Waals surface area contributed by atoms with Crippen LogP contribution < -0.4 is 4.74 Å². The molecule has 0 aliphatic carbocycles. The zero-order valence-corrected chi connectivity index (χ0v) is 8.24. The van der Waals surface area contributed by atoms with E-state index in [4.69, 9.17) is 0 Å². The van der Waals surface area contributed by atoms with Crippen molar-refractivity contribution in [1.82, 2.24) is 0 Å². The number of benzene rings is 1. The molecular formula is C10H9FO4. The van der Waals surface area contributed by atoms with Gasteiger partial charge in [-0.3, -0.25) is 4.79 Å². The third-order valence-corrected chi connectivity index (χ3v) is 1.78. The number of hydrogen-bond donors (Lipinski definition) is 0. The Labute approximate surface area is 85.6 Å². The maximum absolute atomic E-state index is 13.1. The zero-order valence-electron chi connectivity index (χ0n) is 8.24. The number of carbonyl (C=O) groups excluding carboxylic acids is 2. The van der Waals surface area contributed by atoms with Crippen molar-refractivity contribution in [2.45, 2.75) is 0 Å². The van der Waals surface area contributed by atoms with Crippen molar-refractivity contribution in [3.8, 4) is 5.75 Å². The van der Waals surface area contributed by atoms with Gasteiger partial charge in [0.15, 0.2) is 11.6 Å². The minimum Gasteiger partial charge on any atom is -0.494 e. The highest BCUT2D eigenvalue weighted by molar-refractivity contribution is 6.40. The molecule has 4 nitrogen and oxygen atoms in total. The zero-order chi connectivity index (χ0) is 11.4. The summed E-state index contributed by atoms with van der Waals surface area (Å²) in [5.41, 5.74) is -0.0693. The van der Waals surface area contributed by atoms with Crippen LogP contribution >= 0.6 is 0 Å². The van der Waals surface area contributed by atoms with Crippen LogP contribution in [0, 0.1) is 5.82 Å². The van der Waals surface area contributed by atoms with Gasteiger partial charge in [-0.25, -0.2) is 9.18 Å². The number of Topliss-reactive ketones (excluding diaryl/α,β-unsaturated/α-hetero) is 1. The van der Waals surface area contributed by atoms with Gasteiger partial charge in [0.1, 0.15) is 0 Å². The van der Waals surface area contributed by atoms with E-state index in [1.165, 1.54) is 19.2 Å². The van der Waals surface area contributed by atoms with Crippen molar-refractivity contribution in [2.24, 2.45) is 0 Å². The fourth-order valence-corrected chi connectivity index (χ4v) is 1.02. The van der Waals surface area contributed by atoms with Gasteiger partial charge in [0.25, 0.3) is 5.78 Å². The van der Waals surface area contributed by atoms with Crippen molar-refractivity contribution in [3.05, 3.63) is 29.6 Å². The number of ether oxygens (including phenoxy) is 2. The summed E-state index contributed by atoms with van der Waals surface area (Å²) < 4.78 is 22.0. The highest BCUT2D eigenvalue weighted by Gasteiger charge is 2.18. The molecule has 0 heterocycles. The van der Waals surface area contributed by atoms with Crippen LogP contribution in [0.3, 0.4) is 0 Å². The van der Waals surface area contributed by atoms with E-state index in [1.807, 2.05) is 0 Å². The van der Waals surface area contributed by atoms with Gasteiger partial charge >= 0.3 is 5.97 Å². The Bertz CT molecular complexity index is 400. The molecule has 0 aliphatic heterocycles. The molecule has 0 aromatic heterocycles. The summed E-state index contributed by atoms with van der Waals surface area (Å²) in [5.74, 6) is -2.61. The Kier molecular flexibility index (Phi) is 3.38. The summed E-state index contributed by atoms with van der Waals surface area (Å²) in [6.45, 7) is 0. The lowest BCUT2D eigenvalue weighted by molar-refractivity contribution is -0.135. The van der Waals surface area contributed by atoms with Crippen molar-refractivity contribution < 1.29 is 23.5 Å². The second kappa shape index (κ2) is 4.54. The summed E-state index contributed by atoms with van der Waals surface area (Å²) in [6.07, 6.45) is 0. The van der Waals surface area contributed by atoms with E-state index < -0.39 is 17.6 Å². The molecule has 5 heteroatoms. The smallest absolute Gasteiger partial charge is 0.379 e. The molecule has 0 N–H and O–H groups in total. The van der Waals surface area contributed by atoms with Gasteiger partial charge in [0.05, 0.1) is 14.2 Å². The minimum absolute atomic E-state index is 0.0106. The molecule has 1 rings (SSSR count). The minimum atomic E-state index is -1.03. The van der Waals surface area contributed by atoms with Crippen LogP contribution in [0.4, 0.5) is 4.39 Å². The average molecular weight is 212 g/mol. The van der Waals surface area contributed by atoms with E-state index in [0.29, 0.717) is 0 Å². The molecule has 0 atom stereocenters. The van der Waals surface area contributed by atoms with E-state index in [2.05, 4.69) is 9.47 Å². The molecule has 0 spiro atoms. The summed E-state index contributed by atoms with van der Waals surface area (Å²) in [6, 6.07) is 3.49. The van der Waals surface area contributed by atoms with Crippen molar-refractivity contribution >= 4 is 11.8 Å². The fraction of sp³-hybridized carbons (Fsp3) is 0.200. The van der Waals surface area contributed by atoms with Gasteiger partial charge in [0, 0.05) is 5.56 Å². The first-order valence-electron chi connectivity index (χ1n) is 4.06. The third-order valence-electron chi connectivity index (χ3n) is 1.78. The van der Waals surface area contributed by atoms with Gasteiger partial charge in [-0.05, 0) is 18.2 Å². The van der Waals surface area contributed by atoms with E-state index in [9.17, 15) is 14.0 Å². The number of rotatable bonds is 3. The predicted octanol–water partition coefficient (Wildman–Crippen LogP) is 1.19. The maximum Gasteiger partial charge on any atom is 0.379 e. The summed E-state index contributed by atoms with van der Waals surface area (Å²) in [7, 11) is 2.39. The molecule has 1 aromatic rings. The van der Waals surface area contributed by atoms with Gasteiger partial charge in [-0.15, -0.1) is 0 Å². The quantitative estimate of drug-likeness (QED) is 0.429.